The van der Waals surface area contributed by atoms with E-state index in [2.05, 4.69) is 83.4 Å². The van der Waals surface area contributed by atoms with Gasteiger partial charge in [-0.05, 0) is 58.0 Å². The summed E-state index contributed by atoms with van der Waals surface area (Å²) < 4.78 is 1.27. The van der Waals surface area contributed by atoms with E-state index >= 15 is 0 Å². The summed E-state index contributed by atoms with van der Waals surface area (Å²) in [4.78, 5) is 0. The predicted octanol–water partition coefficient (Wildman–Crippen LogP) is 4.07. The van der Waals surface area contributed by atoms with E-state index in [4.69, 9.17) is 0 Å². The Morgan fingerprint density at radius 3 is 1.94 bits per heavy atom. The molecule has 0 heterocycles. The van der Waals surface area contributed by atoms with Crippen molar-refractivity contribution in [1.29, 1.82) is 0 Å². The van der Waals surface area contributed by atoms with E-state index in [0.717, 1.165) is 13.1 Å². The van der Waals surface area contributed by atoms with Crippen LogP contribution in [0.1, 0.15) is 12.5 Å². The highest BCUT2D eigenvalue weighted by Gasteiger charge is 1.97. The molecule has 2 rings (SSSR count). The Balaban J connectivity index is 2.14. The fourth-order valence-corrected chi connectivity index (χ4v) is 2.09. The molecule has 0 radical (unpaired) electrons. The maximum absolute atomic E-state index is 3.33. The van der Waals surface area contributed by atoms with Crippen molar-refractivity contribution in [1.82, 2.24) is 5.32 Å². The van der Waals surface area contributed by atoms with Gasteiger partial charge >= 0.3 is 0 Å². The van der Waals surface area contributed by atoms with Crippen LogP contribution in [0.4, 0.5) is 0 Å². The number of nitrogens with one attached hydrogen (secondary N) is 1. The molecule has 2 aromatic carbocycles. The number of hydrogen-bond acceptors (Lipinski definition) is 1. The third-order valence-electron chi connectivity index (χ3n) is 2.71. The van der Waals surface area contributed by atoms with Gasteiger partial charge in [0, 0.05) is 10.1 Å². The van der Waals surface area contributed by atoms with Crippen molar-refractivity contribution < 1.29 is 0 Å². The fourth-order valence-electron chi connectivity index (χ4n) is 1.73. The van der Waals surface area contributed by atoms with Crippen LogP contribution < -0.4 is 5.32 Å². The van der Waals surface area contributed by atoms with Crippen molar-refractivity contribution in [2.24, 2.45) is 0 Å². The van der Waals surface area contributed by atoms with E-state index in [-0.39, 0.29) is 0 Å². The largest absolute Gasteiger partial charge is 0.313 e. The summed E-state index contributed by atoms with van der Waals surface area (Å²) in [7, 11) is 0. The van der Waals surface area contributed by atoms with E-state index in [1.165, 1.54) is 20.3 Å². The first-order chi connectivity index (χ1) is 8.29. The minimum Gasteiger partial charge on any atom is -0.313 e. The molecule has 0 bridgehead atoms. The molecule has 0 unspecified atom stereocenters. The second-order valence-electron chi connectivity index (χ2n) is 3.98. The molecule has 0 aliphatic rings. The van der Waals surface area contributed by atoms with Gasteiger partial charge in [0.25, 0.3) is 0 Å². The minimum atomic E-state index is 0.948. The third kappa shape index (κ3) is 3.54. The Morgan fingerprint density at radius 2 is 1.41 bits per heavy atom. The average Bonchev–Trinajstić information content (AvgIpc) is 2.38. The van der Waals surface area contributed by atoms with Crippen LogP contribution in [-0.4, -0.2) is 6.54 Å². The van der Waals surface area contributed by atoms with Crippen molar-refractivity contribution >= 4 is 22.6 Å². The van der Waals surface area contributed by atoms with Crippen LogP contribution >= 0.6 is 22.6 Å². The average molecular weight is 337 g/mol. The van der Waals surface area contributed by atoms with Crippen LogP contribution in [0.3, 0.4) is 0 Å². The molecular weight excluding hydrogens is 321 g/mol. The van der Waals surface area contributed by atoms with Gasteiger partial charge in [-0.1, -0.05) is 43.3 Å². The van der Waals surface area contributed by atoms with Crippen LogP contribution in [0.5, 0.6) is 0 Å². The molecule has 0 aliphatic heterocycles. The molecule has 88 valence electrons. The SMILES string of the molecule is CCNCc1ccc(-c2ccc(I)cc2)cc1. The van der Waals surface area contributed by atoms with Gasteiger partial charge in [0.05, 0.1) is 0 Å². The Labute approximate surface area is 116 Å². The Bertz CT molecular complexity index is 459. The van der Waals surface area contributed by atoms with Crippen LogP contribution in [0, 0.1) is 3.57 Å². The van der Waals surface area contributed by atoms with E-state index in [1.807, 2.05) is 0 Å². The molecule has 0 atom stereocenters. The molecule has 2 aromatic rings. The van der Waals surface area contributed by atoms with Gasteiger partial charge in [0.2, 0.25) is 0 Å². The second-order valence-corrected chi connectivity index (χ2v) is 5.23. The minimum absolute atomic E-state index is 0.948. The standard InChI is InChI=1S/C15H16IN/c1-2-17-11-12-3-5-13(6-4-12)14-7-9-15(16)10-8-14/h3-10,17H,2,11H2,1H3. The molecule has 1 N–H and O–H groups in total. The van der Waals surface area contributed by atoms with E-state index in [9.17, 15) is 0 Å². The summed E-state index contributed by atoms with van der Waals surface area (Å²) in [5, 5.41) is 3.33. The van der Waals surface area contributed by atoms with E-state index < -0.39 is 0 Å². The highest BCUT2D eigenvalue weighted by atomic mass is 127. The molecule has 0 saturated heterocycles. The number of rotatable bonds is 4. The van der Waals surface area contributed by atoms with Gasteiger partial charge in [0.1, 0.15) is 0 Å². The van der Waals surface area contributed by atoms with Crippen LogP contribution in [-0.2, 0) is 6.54 Å². The van der Waals surface area contributed by atoms with Crippen molar-refractivity contribution in [2.45, 2.75) is 13.5 Å². The monoisotopic (exact) mass is 337 g/mol. The number of hydrogen-bond donors (Lipinski definition) is 1. The van der Waals surface area contributed by atoms with Crippen molar-refractivity contribution in [3.05, 3.63) is 57.7 Å². The summed E-state index contributed by atoms with van der Waals surface area (Å²) in [6, 6.07) is 17.4. The summed E-state index contributed by atoms with van der Waals surface area (Å²) in [6.45, 7) is 4.09. The smallest absolute Gasteiger partial charge is 0.0205 e. The first kappa shape index (κ1) is 12.6. The van der Waals surface area contributed by atoms with Crippen LogP contribution in [0.15, 0.2) is 48.5 Å². The second kappa shape index (κ2) is 6.17. The molecule has 0 aromatic heterocycles. The quantitative estimate of drug-likeness (QED) is 0.830. The zero-order valence-electron chi connectivity index (χ0n) is 9.91. The number of halogens is 1. The molecular formula is C15H16IN. The topological polar surface area (TPSA) is 12.0 Å². The van der Waals surface area contributed by atoms with E-state index in [1.54, 1.807) is 0 Å². The summed E-state index contributed by atoms with van der Waals surface area (Å²) in [5.41, 5.74) is 3.89. The first-order valence-corrected chi connectivity index (χ1v) is 6.93. The lowest BCUT2D eigenvalue weighted by Crippen LogP contribution is -2.11. The fraction of sp³-hybridized carbons (Fsp3) is 0.200. The highest BCUT2D eigenvalue weighted by Crippen LogP contribution is 2.20. The van der Waals surface area contributed by atoms with Gasteiger partial charge < -0.3 is 5.32 Å². The molecule has 17 heavy (non-hydrogen) atoms. The van der Waals surface area contributed by atoms with Crippen LogP contribution in [0.2, 0.25) is 0 Å². The highest BCUT2D eigenvalue weighted by molar-refractivity contribution is 14.1. The zero-order valence-corrected chi connectivity index (χ0v) is 12.1. The molecule has 0 amide bonds. The lowest BCUT2D eigenvalue weighted by Gasteiger charge is -2.05. The van der Waals surface area contributed by atoms with Gasteiger partial charge in [-0.15, -0.1) is 0 Å². The van der Waals surface area contributed by atoms with Crippen LogP contribution in [0.25, 0.3) is 11.1 Å². The lowest BCUT2D eigenvalue weighted by molar-refractivity contribution is 0.727. The molecule has 2 heteroatoms. The van der Waals surface area contributed by atoms with Crippen molar-refractivity contribution in [2.75, 3.05) is 6.54 Å². The molecule has 0 aliphatic carbocycles. The summed E-state index contributed by atoms with van der Waals surface area (Å²) >= 11 is 2.33. The molecule has 0 saturated carbocycles. The van der Waals surface area contributed by atoms with Crippen molar-refractivity contribution in [3.63, 3.8) is 0 Å². The first-order valence-electron chi connectivity index (χ1n) is 5.85. The van der Waals surface area contributed by atoms with Gasteiger partial charge in [-0.25, -0.2) is 0 Å². The molecule has 0 fully saturated rings. The van der Waals surface area contributed by atoms with E-state index in [0.29, 0.717) is 0 Å². The maximum atomic E-state index is 3.33. The molecule has 1 nitrogen and oxygen atoms in total. The zero-order chi connectivity index (χ0) is 12.1. The third-order valence-corrected chi connectivity index (χ3v) is 3.43. The Kier molecular flexibility index (Phi) is 4.57. The molecule has 0 spiro atoms. The summed E-state index contributed by atoms with van der Waals surface area (Å²) in [5.74, 6) is 0. The number of benzene rings is 2. The van der Waals surface area contributed by atoms with Gasteiger partial charge in [-0.2, -0.15) is 0 Å². The lowest BCUT2D eigenvalue weighted by atomic mass is 10.0. The predicted molar refractivity (Wildman–Crippen MR) is 82.0 cm³/mol. The van der Waals surface area contributed by atoms with Crippen molar-refractivity contribution in [3.8, 4) is 11.1 Å². The normalized spacial score (nSPS) is 10.5. The van der Waals surface area contributed by atoms with Gasteiger partial charge in [0.15, 0.2) is 0 Å². The Hall–Kier alpha value is -0.870. The Morgan fingerprint density at radius 1 is 0.882 bits per heavy atom. The maximum Gasteiger partial charge on any atom is 0.0205 e. The summed E-state index contributed by atoms with van der Waals surface area (Å²) in [6.07, 6.45) is 0. The van der Waals surface area contributed by atoms with Gasteiger partial charge in [-0.3, -0.25) is 0 Å².